The number of nitrogens with one attached hydrogen (secondary N) is 2. The molecule has 0 aromatic heterocycles. The normalized spacial score (nSPS) is 30.5. The molecule has 5 aliphatic rings. The molecule has 7 nitrogen and oxygen atoms in total. The van der Waals surface area contributed by atoms with Crippen LogP contribution in [0.1, 0.15) is 44.1 Å². The third kappa shape index (κ3) is 4.97. The van der Waals surface area contributed by atoms with Crippen molar-refractivity contribution in [3.05, 3.63) is 28.2 Å². The number of rotatable bonds is 8. The van der Waals surface area contributed by atoms with Crippen LogP contribution in [-0.4, -0.2) is 60.7 Å². The lowest BCUT2D eigenvalue weighted by molar-refractivity contribution is -0.135. The molecule has 3 amide bonds. The zero-order valence-corrected chi connectivity index (χ0v) is 20.6. The van der Waals surface area contributed by atoms with E-state index in [1.165, 1.54) is 32.1 Å². The summed E-state index contributed by atoms with van der Waals surface area (Å²) in [4.78, 5) is 40.4. The van der Waals surface area contributed by atoms with Crippen LogP contribution in [0, 0.1) is 23.2 Å². The van der Waals surface area contributed by atoms with E-state index in [0.717, 1.165) is 46.6 Å². The third-order valence-electron chi connectivity index (χ3n) is 8.42. The van der Waals surface area contributed by atoms with E-state index in [1.807, 2.05) is 23.1 Å². The largest absolute Gasteiger partial charge is 0.347 e. The average Bonchev–Trinajstić information content (AvgIpc) is 3.20. The van der Waals surface area contributed by atoms with Crippen molar-refractivity contribution in [2.75, 3.05) is 38.0 Å². The van der Waals surface area contributed by atoms with Crippen LogP contribution in [0.25, 0.3) is 0 Å². The summed E-state index contributed by atoms with van der Waals surface area (Å²) in [5.41, 5.74) is 2.06. The third-order valence-corrected chi connectivity index (χ3v) is 8.92. The molecule has 8 heteroatoms. The average molecular weight is 517 g/mol. The molecule has 4 aliphatic carbocycles. The van der Waals surface area contributed by atoms with Gasteiger partial charge in [0.25, 0.3) is 0 Å². The van der Waals surface area contributed by atoms with Crippen LogP contribution in [0.4, 0.5) is 5.69 Å². The highest BCUT2D eigenvalue weighted by molar-refractivity contribution is 9.10. The fourth-order valence-electron chi connectivity index (χ4n) is 7.18. The molecule has 33 heavy (non-hydrogen) atoms. The van der Waals surface area contributed by atoms with E-state index < -0.39 is 0 Å². The molecular formula is C25H33BrN4O3. The molecule has 178 valence electrons. The number of anilines is 1. The highest BCUT2D eigenvalue weighted by Crippen LogP contribution is 2.65. The molecule has 0 spiro atoms. The Bertz CT molecular complexity index is 911. The standard InChI is InChI=1S/C25H33BrN4O3/c26-21-1-2-22(28-16-31)20(9-21)15-29-3-5-30(6-4-29)24(33)14-27-23(32)13-25-10-17-7-18(11-25)19(8-17)12-25/h1-2,9,16-19H,3-8,10-15H2,(H,27,32)(H,28,31). The van der Waals surface area contributed by atoms with E-state index in [2.05, 4.69) is 31.5 Å². The number of hydrogen-bond donors (Lipinski definition) is 2. The molecule has 4 saturated carbocycles. The molecule has 2 N–H and O–H groups in total. The molecule has 1 saturated heterocycles. The van der Waals surface area contributed by atoms with Gasteiger partial charge in [-0.1, -0.05) is 15.9 Å². The first kappa shape index (κ1) is 22.8. The summed E-state index contributed by atoms with van der Waals surface area (Å²) in [6.45, 7) is 3.63. The summed E-state index contributed by atoms with van der Waals surface area (Å²) in [6, 6.07) is 5.81. The van der Waals surface area contributed by atoms with Crippen LogP contribution in [-0.2, 0) is 20.9 Å². The molecule has 5 fully saturated rings. The molecule has 2 unspecified atom stereocenters. The van der Waals surface area contributed by atoms with Crippen molar-refractivity contribution in [1.29, 1.82) is 0 Å². The zero-order valence-electron chi connectivity index (χ0n) is 19.0. The van der Waals surface area contributed by atoms with Crippen molar-refractivity contribution in [2.24, 2.45) is 23.2 Å². The van der Waals surface area contributed by atoms with Gasteiger partial charge in [-0.2, -0.15) is 0 Å². The van der Waals surface area contributed by atoms with Gasteiger partial charge in [0, 0.05) is 49.3 Å². The molecule has 1 heterocycles. The van der Waals surface area contributed by atoms with Gasteiger partial charge >= 0.3 is 0 Å². The number of halogens is 1. The summed E-state index contributed by atoms with van der Waals surface area (Å²) < 4.78 is 0.969. The maximum absolute atomic E-state index is 12.7. The van der Waals surface area contributed by atoms with Crippen molar-refractivity contribution in [3.63, 3.8) is 0 Å². The van der Waals surface area contributed by atoms with Crippen molar-refractivity contribution < 1.29 is 14.4 Å². The quantitative estimate of drug-likeness (QED) is 0.520. The van der Waals surface area contributed by atoms with Crippen LogP contribution in [0.2, 0.25) is 0 Å². The van der Waals surface area contributed by atoms with Gasteiger partial charge in [-0.15, -0.1) is 0 Å². The van der Waals surface area contributed by atoms with Gasteiger partial charge in [-0.3, -0.25) is 19.3 Å². The molecule has 1 aliphatic heterocycles. The van der Waals surface area contributed by atoms with Crippen LogP contribution in [0.3, 0.4) is 0 Å². The number of nitrogens with zero attached hydrogens (tertiary/aromatic N) is 2. The van der Waals surface area contributed by atoms with Gasteiger partial charge in [0.2, 0.25) is 18.2 Å². The lowest BCUT2D eigenvalue weighted by Gasteiger charge is -2.38. The lowest BCUT2D eigenvalue weighted by atomic mass is 9.67. The van der Waals surface area contributed by atoms with E-state index >= 15 is 0 Å². The Hall–Kier alpha value is -1.93. The molecule has 6 rings (SSSR count). The molecule has 1 aromatic rings. The number of hydrogen-bond acceptors (Lipinski definition) is 4. The fraction of sp³-hybridized carbons (Fsp3) is 0.640. The fourth-order valence-corrected chi connectivity index (χ4v) is 7.59. The predicted molar refractivity (Wildman–Crippen MR) is 129 cm³/mol. The number of carbonyl (C=O) groups is 3. The highest BCUT2D eigenvalue weighted by atomic mass is 79.9. The van der Waals surface area contributed by atoms with Crippen molar-refractivity contribution in [3.8, 4) is 0 Å². The lowest BCUT2D eigenvalue weighted by Crippen LogP contribution is -2.51. The monoisotopic (exact) mass is 516 g/mol. The first-order valence-corrected chi connectivity index (χ1v) is 13.0. The number of carbonyl (C=O) groups excluding carboxylic acids is 3. The Labute approximate surface area is 203 Å². The second-order valence-electron chi connectivity index (χ2n) is 10.6. The minimum absolute atomic E-state index is 0.00190. The summed E-state index contributed by atoms with van der Waals surface area (Å²) in [7, 11) is 0. The van der Waals surface area contributed by atoms with Crippen molar-refractivity contribution >= 4 is 39.8 Å². The van der Waals surface area contributed by atoms with Gasteiger partial charge in [-0.05, 0) is 79.0 Å². The Kier molecular flexibility index (Phi) is 6.49. The summed E-state index contributed by atoms with van der Waals surface area (Å²) in [5.74, 6) is 2.61. The molecule has 2 atom stereocenters. The smallest absolute Gasteiger partial charge is 0.242 e. The second kappa shape index (κ2) is 9.37. The molecular weight excluding hydrogens is 484 g/mol. The number of amides is 3. The van der Waals surface area contributed by atoms with E-state index in [9.17, 15) is 14.4 Å². The van der Waals surface area contributed by atoms with E-state index in [1.54, 1.807) is 0 Å². The SMILES string of the molecule is O=CNc1ccc(Br)cc1CN1CCN(C(=O)CNC(=O)CC23CC4CC(C2)C(C4)C3)CC1. The number of piperazine rings is 1. The second-order valence-corrected chi connectivity index (χ2v) is 11.6. The molecule has 0 radical (unpaired) electrons. The Morgan fingerprint density at radius 3 is 2.48 bits per heavy atom. The number of benzene rings is 1. The minimum atomic E-state index is 0.00190. The van der Waals surface area contributed by atoms with E-state index in [4.69, 9.17) is 0 Å². The van der Waals surface area contributed by atoms with Crippen LogP contribution in [0.5, 0.6) is 0 Å². The summed E-state index contributed by atoms with van der Waals surface area (Å²) in [6.07, 6.45) is 7.72. The highest BCUT2D eigenvalue weighted by Gasteiger charge is 2.56. The first-order chi connectivity index (χ1) is 15.9. The van der Waals surface area contributed by atoms with E-state index in [0.29, 0.717) is 32.5 Å². The first-order valence-electron chi connectivity index (χ1n) is 12.2. The molecule has 4 bridgehead atoms. The zero-order chi connectivity index (χ0) is 23.0. The van der Waals surface area contributed by atoms with Gasteiger partial charge in [-0.25, -0.2) is 0 Å². The van der Waals surface area contributed by atoms with Gasteiger partial charge in [0.1, 0.15) is 0 Å². The van der Waals surface area contributed by atoms with Crippen LogP contribution >= 0.6 is 15.9 Å². The van der Waals surface area contributed by atoms with Gasteiger partial charge < -0.3 is 15.5 Å². The van der Waals surface area contributed by atoms with Gasteiger partial charge in [0.15, 0.2) is 0 Å². The van der Waals surface area contributed by atoms with E-state index in [-0.39, 0.29) is 23.8 Å². The summed E-state index contributed by atoms with van der Waals surface area (Å²) >= 11 is 3.49. The van der Waals surface area contributed by atoms with Crippen LogP contribution in [0.15, 0.2) is 22.7 Å². The Balaban J connectivity index is 1.06. The maximum atomic E-state index is 12.7. The van der Waals surface area contributed by atoms with Gasteiger partial charge in [0.05, 0.1) is 6.54 Å². The van der Waals surface area contributed by atoms with Crippen LogP contribution < -0.4 is 10.6 Å². The predicted octanol–water partition coefficient (Wildman–Crippen LogP) is 2.99. The topological polar surface area (TPSA) is 81.8 Å². The Morgan fingerprint density at radius 1 is 1.09 bits per heavy atom. The summed E-state index contributed by atoms with van der Waals surface area (Å²) in [5, 5.41) is 5.68. The van der Waals surface area contributed by atoms with Crippen molar-refractivity contribution in [2.45, 2.75) is 45.1 Å². The Morgan fingerprint density at radius 2 is 1.82 bits per heavy atom. The molecule has 1 aromatic carbocycles. The minimum Gasteiger partial charge on any atom is -0.347 e. The van der Waals surface area contributed by atoms with Crippen molar-refractivity contribution in [1.82, 2.24) is 15.1 Å². The maximum Gasteiger partial charge on any atom is 0.242 e.